The number of rotatable bonds is 7. The molecule has 0 saturated carbocycles. The Hall–Kier alpha value is -4.33. The van der Waals surface area contributed by atoms with Crippen LogP contribution in [0.4, 0.5) is 16.0 Å². The van der Waals surface area contributed by atoms with Crippen LogP contribution >= 0.6 is 0 Å². The zero-order valence-corrected chi connectivity index (χ0v) is 19.0. The highest BCUT2D eigenvalue weighted by Crippen LogP contribution is 2.31. The second-order valence-electron chi connectivity index (χ2n) is 7.85. The van der Waals surface area contributed by atoms with E-state index >= 15 is 0 Å². The van der Waals surface area contributed by atoms with E-state index in [2.05, 4.69) is 39.4 Å². The Morgan fingerprint density at radius 1 is 1.00 bits per heavy atom. The van der Waals surface area contributed by atoms with E-state index in [1.807, 2.05) is 18.2 Å². The first-order chi connectivity index (χ1) is 16.4. The van der Waals surface area contributed by atoms with Crippen molar-refractivity contribution in [2.45, 2.75) is 19.8 Å². The number of ether oxygens (including phenoxy) is 1. The third kappa shape index (κ3) is 5.17. The molecule has 0 saturated heterocycles. The van der Waals surface area contributed by atoms with E-state index in [1.165, 1.54) is 18.2 Å². The number of anilines is 2. The van der Waals surface area contributed by atoms with Gasteiger partial charge in [0.2, 0.25) is 11.8 Å². The molecule has 2 N–H and O–H groups in total. The SMILES string of the molecule is CNc1nccc(-c2cccnc2Oc2ccc(F)c(C(=O)Nc3ccc(C(C)C)cc3)c2)n1. The third-order valence-corrected chi connectivity index (χ3v) is 5.16. The fourth-order valence-corrected chi connectivity index (χ4v) is 3.30. The molecule has 2 aromatic carbocycles. The van der Waals surface area contributed by atoms with Crippen LogP contribution in [-0.4, -0.2) is 27.9 Å². The molecule has 172 valence electrons. The lowest BCUT2D eigenvalue weighted by Crippen LogP contribution is -2.14. The van der Waals surface area contributed by atoms with Crippen molar-refractivity contribution >= 4 is 17.5 Å². The monoisotopic (exact) mass is 457 g/mol. The predicted octanol–water partition coefficient (Wildman–Crippen LogP) is 5.89. The standard InChI is InChI=1S/C26H24FN5O2/c1-16(2)17-6-8-18(9-7-17)31-24(33)21-15-19(10-11-22(21)27)34-25-20(5-4-13-29-25)23-12-14-30-26(28-3)32-23/h4-16H,1-3H3,(H,31,33)(H,28,30,32). The molecule has 4 aromatic rings. The van der Waals surface area contributed by atoms with Gasteiger partial charge < -0.3 is 15.4 Å². The molecule has 0 unspecified atom stereocenters. The highest BCUT2D eigenvalue weighted by atomic mass is 19.1. The number of benzene rings is 2. The van der Waals surface area contributed by atoms with Gasteiger partial charge in [0.15, 0.2) is 0 Å². The fraction of sp³-hybridized carbons (Fsp3) is 0.154. The van der Waals surface area contributed by atoms with Crippen molar-refractivity contribution in [2.24, 2.45) is 0 Å². The van der Waals surface area contributed by atoms with Gasteiger partial charge in [0, 0.05) is 25.1 Å². The Balaban J connectivity index is 1.58. The number of amides is 1. The predicted molar refractivity (Wildman–Crippen MR) is 130 cm³/mol. The highest BCUT2D eigenvalue weighted by molar-refractivity contribution is 6.04. The molecule has 0 bridgehead atoms. The molecule has 0 fully saturated rings. The number of carbonyl (C=O) groups is 1. The maximum Gasteiger partial charge on any atom is 0.258 e. The van der Waals surface area contributed by atoms with Crippen LogP contribution < -0.4 is 15.4 Å². The van der Waals surface area contributed by atoms with Crippen LogP contribution in [0.2, 0.25) is 0 Å². The van der Waals surface area contributed by atoms with E-state index in [9.17, 15) is 9.18 Å². The molecule has 1 amide bonds. The summed E-state index contributed by atoms with van der Waals surface area (Å²) in [7, 11) is 1.73. The summed E-state index contributed by atoms with van der Waals surface area (Å²) < 4.78 is 20.4. The third-order valence-electron chi connectivity index (χ3n) is 5.16. The summed E-state index contributed by atoms with van der Waals surface area (Å²) in [5.41, 5.74) is 2.82. The van der Waals surface area contributed by atoms with Crippen LogP contribution in [0.15, 0.2) is 73.1 Å². The van der Waals surface area contributed by atoms with Crippen LogP contribution in [0.5, 0.6) is 11.6 Å². The van der Waals surface area contributed by atoms with Gasteiger partial charge in [0.05, 0.1) is 16.8 Å². The number of hydrogen-bond donors (Lipinski definition) is 2. The largest absolute Gasteiger partial charge is 0.438 e. The second-order valence-corrected chi connectivity index (χ2v) is 7.85. The van der Waals surface area contributed by atoms with Crippen molar-refractivity contribution < 1.29 is 13.9 Å². The smallest absolute Gasteiger partial charge is 0.258 e. The van der Waals surface area contributed by atoms with E-state index in [0.29, 0.717) is 28.8 Å². The number of nitrogens with zero attached hydrogens (tertiary/aromatic N) is 3. The van der Waals surface area contributed by atoms with E-state index < -0.39 is 11.7 Å². The maximum atomic E-state index is 14.5. The zero-order valence-electron chi connectivity index (χ0n) is 19.0. The molecular weight excluding hydrogens is 433 g/mol. The number of halogens is 1. The van der Waals surface area contributed by atoms with Gasteiger partial charge in [-0.1, -0.05) is 26.0 Å². The van der Waals surface area contributed by atoms with Crippen molar-refractivity contribution in [3.8, 4) is 22.9 Å². The van der Waals surface area contributed by atoms with Gasteiger partial charge in [-0.3, -0.25) is 4.79 Å². The number of pyridine rings is 1. The number of hydrogen-bond acceptors (Lipinski definition) is 6. The van der Waals surface area contributed by atoms with E-state index in [-0.39, 0.29) is 17.2 Å². The summed E-state index contributed by atoms with van der Waals surface area (Å²) in [5.74, 6) is 0.138. The van der Waals surface area contributed by atoms with Gasteiger partial charge in [0.25, 0.3) is 5.91 Å². The molecule has 2 aromatic heterocycles. The average molecular weight is 458 g/mol. The Morgan fingerprint density at radius 2 is 1.79 bits per heavy atom. The van der Waals surface area contributed by atoms with Crippen molar-refractivity contribution in [2.75, 3.05) is 17.7 Å². The quantitative estimate of drug-likeness (QED) is 0.360. The Labute approximate surface area is 197 Å². The number of aromatic nitrogens is 3. The minimum absolute atomic E-state index is 0.137. The maximum absolute atomic E-state index is 14.5. The summed E-state index contributed by atoms with van der Waals surface area (Å²) in [6, 6.07) is 16.8. The van der Waals surface area contributed by atoms with Gasteiger partial charge >= 0.3 is 0 Å². The van der Waals surface area contributed by atoms with Crippen LogP contribution in [0.25, 0.3) is 11.3 Å². The summed E-state index contributed by atoms with van der Waals surface area (Å²) in [6.45, 7) is 4.18. The summed E-state index contributed by atoms with van der Waals surface area (Å²) in [6.07, 6.45) is 3.20. The second kappa shape index (κ2) is 10.1. The van der Waals surface area contributed by atoms with Crippen LogP contribution in [0.1, 0.15) is 35.7 Å². The van der Waals surface area contributed by atoms with E-state index in [4.69, 9.17) is 4.74 Å². The van der Waals surface area contributed by atoms with Crippen molar-refractivity contribution in [1.29, 1.82) is 0 Å². The van der Waals surface area contributed by atoms with Crippen molar-refractivity contribution in [3.63, 3.8) is 0 Å². The lowest BCUT2D eigenvalue weighted by molar-refractivity contribution is 0.102. The van der Waals surface area contributed by atoms with Crippen molar-refractivity contribution in [3.05, 3.63) is 90.0 Å². The number of carbonyl (C=O) groups excluding carboxylic acids is 1. The first-order valence-electron chi connectivity index (χ1n) is 10.8. The van der Waals surface area contributed by atoms with Crippen molar-refractivity contribution in [1.82, 2.24) is 15.0 Å². The summed E-state index contributed by atoms with van der Waals surface area (Å²) in [5, 5.41) is 5.62. The minimum atomic E-state index is -0.653. The van der Waals surface area contributed by atoms with Gasteiger partial charge in [-0.05, 0) is 60.0 Å². The molecule has 0 spiro atoms. The molecule has 0 aliphatic rings. The lowest BCUT2D eigenvalue weighted by atomic mass is 10.0. The van der Waals surface area contributed by atoms with Gasteiger partial charge in [-0.15, -0.1) is 0 Å². The van der Waals surface area contributed by atoms with Gasteiger partial charge in [-0.2, -0.15) is 0 Å². The molecule has 0 atom stereocenters. The minimum Gasteiger partial charge on any atom is -0.438 e. The first-order valence-corrected chi connectivity index (χ1v) is 10.8. The summed E-state index contributed by atoms with van der Waals surface area (Å²) >= 11 is 0. The molecule has 34 heavy (non-hydrogen) atoms. The van der Waals surface area contributed by atoms with Crippen LogP contribution in [-0.2, 0) is 0 Å². The normalized spacial score (nSPS) is 10.7. The molecule has 4 rings (SSSR count). The highest BCUT2D eigenvalue weighted by Gasteiger charge is 2.16. The van der Waals surface area contributed by atoms with E-state index in [1.54, 1.807) is 43.7 Å². The fourth-order valence-electron chi connectivity index (χ4n) is 3.30. The molecule has 0 aliphatic carbocycles. The Kier molecular flexibility index (Phi) is 6.77. The van der Waals surface area contributed by atoms with Gasteiger partial charge in [-0.25, -0.2) is 19.3 Å². The molecule has 7 nitrogen and oxygen atoms in total. The zero-order chi connectivity index (χ0) is 24.1. The lowest BCUT2D eigenvalue weighted by Gasteiger charge is -2.12. The van der Waals surface area contributed by atoms with Crippen LogP contribution in [0, 0.1) is 5.82 Å². The van der Waals surface area contributed by atoms with E-state index in [0.717, 1.165) is 5.56 Å². The molecule has 8 heteroatoms. The van der Waals surface area contributed by atoms with Gasteiger partial charge in [0.1, 0.15) is 11.6 Å². The molecule has 0 aliphatic heterocycles. The average Bonchev–Trinajstić information content (AvgIpc) is 2.86. The topological polar surface area (TPSA) is 89.0 Å². The summed E-state index contributed by atoms with van der Waals surface area (Å²) in [4.78, 5) is 25.6. The van der Waals surface area contributed by atoms with Crippen LogP contribution in [0.3, 0.4) is 0 Å². The Morgan fingerprint density at radius 3 is 2.53 bits per heavy atom. The molecule has 0 radical (unpaired) electrons. The number of nitrogens with one attached hydrogen (secondary N) is 2. The Bertz CT molecular complexity index is 1310. The molecular formula is C26H24FN5O2. The molecule has 2 heterocycles. The first kappa shape index (κ1) is 22.8.